The van der Waals surface area contributed by atoms with Crippen LogP contribution in [-0.2, 0) is 6.42 Å². The first-order valence-electron chi connectivity index (χ1n) is 4.37. The molecule has 0 saturated heterocycles. The van der Waals surface area contributed by atoms with Crippen LogP contribution in [0.5, 0.6) is 0 Å². The fourth-order valence-electron chi connectivity index (χ4n) is 1.76. The number of aryl methyl sites for hydroxylation is 1. The third-order valence-corrected chi connectivity index (χ3v) is 2.47. The maximum Gasteiger partial charge on any atom is 0.160 e. The normalized spacial score (nSPS) is 15.8. The molecule has 0 unspecified atom stereocenters. The van der Waals surface area contributed by atoms with Gasteiger partial charge in [-0.15, -0.1) is 0 Å². The minimum absolute atomic E-state index is 0.742. The molecule has 70 valence electrons. The van der Waals surface area contributed by atoms with Gasteiger partial charge in [-0.25, -0.2) is 8.78 Å². The molecule has 1 aliphatic heterocycles. The Morgan fingerprint density at radius 1 is 1.23 bits per heavy atom. The molecule has 1 aromatic rings. The summed E-state index contributed by atoms with van der Waals surface area (Å²) in [5.41, 5.74) is 1.73. The Morgan fingerprint density at radius 2 is 1.92 bits per heavy atom. The summed E-state index contributed by atoms with van der Waals surface area (Å²) in [7, 11) is 1.90. The van der Waals surface area contributed by atoms with E-state index in [1.807, 2.05) is 11.9 Å². The maximum absolute atomic E-state index is 12.9. The molecular weight excluding hydrogens is 172 g/mol. The molecule has 2 rings (SSSR count). The lowest BCUT2D eigenvalue weighted by atomic mass is 10.0. The zero-order valence-corrected chi connectivity index (χ0v) is 7.48. The topological polar surface area (TPSA) is 3.24 Å². The summed E-state index contributed by atoms with van der Waals surface area (Å²) >= 11 is 0. The fraction of sp³-hybridized carbons (Fsp3) is 0.400. The number of halogens is 2. The van der Waals surface area contributed by atoms with Gasteiger partial charge in [0.25, 0.3) is 0 Å². The van der Waals surface area contributed by atoms with Crippen molar-refractivity contribution in [2.75, 3.05) is 18.5 Å². The Balaban J connectivity index is 2.52. The van der Waals surface area contributed by atoms with Gasteiger partial charge < -0.3 is 4.90 Å². The van der Waals surface area contributed by atoms with Crippen molar-refractivity contribution in [3.63, 3.8) is 0 Å². The van der Waals surface area contributed by atoms with Crippen molar-refractivity contribution in [1.29, 1.82) is 0 Å². The van der Waals surface area contributed by atoms with Crippen molar-refractivity contribution in [3.05, 3.63) is 29.3 Å². The van der Waals surface area contributed by atoms with Gasteiger partial charge >= 0.3 is 0 Å². The number of hydrogen-bond acceptors (Lipinski definition) is 1. The molecule has 0 fully saturated rings. The van der Waals surface area contributed by atoms with Crippen LogP contribution < -0.4 is 4.90 Å². The van der Waals surface area contributed by atoms with E-state index in [0.717, 1.165) is 30.6 Å². The molecule has 0 radical (unpaired) electrons. The van der Waals surface area contributed by atoms with E-state index in [1.165, 1.54) is 12.1 Å². The van der Waals surface area contributed by atoms with Crippen molar-refractivity contribution < 1.29 is 8.78 Å². The Labute approximate surface area is 76.0 Å². The predicted molar refractivity (Wildman–Crippen MR) is 47.9 cm³/mol. The predicted octanol–water partition coefficient (Wildman–Crippen LogP) is 2.35. The monoisotopic (exact) mass is 183 g/mol. The number of fused-ring (bicyclic) bond motifs is 1. The first-order valence-corrected chi connectivity index (χ1v) is 4.37. The van der Waals surface area contributed by atoms with Gasteiger partial charge in [-0.2, -0.15) is 0 Å². The lowest BCUT2D eigenvalue weighted by Gasteiger charge is -2.27. The second kappa shape index (κ2) is 2.98. The van der Waals surface area contributed by atoms with E-state index in [2.05, 4.69) is 0 Å². The molecule has 0 atom stereocenters. The number of rotatable bonds is 0. The first-order chi connectivity index (χ1) is 6.18. The second-order valence-corrected chi connectivity index (χ2v) is 3.42. The van der Waals surface area contributed by atoms with Gasteiger partial charge in [-0.3, -0.25) is 0 Å². The highest BCUT2D eigenvalue weighted by molar-refractivity contribution is 5.55. The SMILES string of the molecule is CN1CCCc2cc(F)c(F)cc21. The van der Waals surface area contributed by atoms with E-state index >= 15 is 0 Å². The van der Waals surface area contributed by atoms with E-state index in [4.69, 9.17) is 0 Å². The molecular formula is C10H11F2N. The largest absolute Gasteiger partial charge is 0.374 e. The summed E-state index contributed by atoms with van der Waals surface area (Å²) in [6, 6.07) is 2.59. The zero-order chi connectivity index (χ0) is 9.42. The quantitative estimate of drug-likeness (QED) is 0.596. The van der Waals surface area contributed by atoms with Crippen LogP contribution in [0.25, 0.3) is 0 Å². The van der Waals surface area contributed by atoms with Gasteiger partial charge in [0.1, 0.15) is 0 Å². The van der Waals surface area contributed by atoms with E-state index in [0.29, 0.717) is 0 Å². The highest BCUT2D eigenvalue weighted by Crippen LogP contribution is 2.27. The van der Waals surface area contributed by atoms with E-state index in [-0.39, 0.29) is 0 Å². The van der Waals surface area contributed by atoms with Gasteiger partial charge in [-0.1, -0.05) is 0 Å². The summed E-state index contributed by atoms with van der Waals surface area (Å²) in [6.07, 6.45) is 1.85. The summed E-state index contributed by atoms with van der Waals surface area (Å²) in [5.74, 6) is -1.50. The van der Waals surface area contributed by atoms with Crippen LogP contribution in [0, 0.1) is 11.6 Å². The lowest BCUT2D eigenvalue weighted by molar-refractivity contribution is 0.505. The van der Waals surface area contributed by atoms with Crippen LogP contribution in [0.2, 0.25) is 0 Å². The van der Waals surface area contributed by atoms with Gasteiger partial charge in [-0.05, 0) is 24.5 Å². The Hall–Kier alpha value is -1.12. The molecule has 0 aromatic heterocycles. The Kier molecular flexibility index (Phi) is 1.94. The standard InChI is InChI=1S/C10H11F2N/c1-13-4-2-3-7-5-8(11)9(12)6-10(7)13/h5-6H,2-4H2,1H3. The third-order valence-electron chi connectivity index (χ3n) is 2.47. The number of hydrogen-bond donors (Lipinski definition) is 0. The molecule has 1 aliphatic rings. The summed E-state index contributed by atoms with van der Waals surface area (Å²) in [6.45, 7) is 0.915. The van der Waals surface area contributed by atoms with Gasteiger partial charge in [0.2, 0.25) is 0 Å². The van der Waals surface area contributed by atoms with Crippen molar-refractivity contribution in [3.8, 4) is 0 Å². The van der Waals surface area contributed by atoms with Crippen LogP contribution in [0.3, 0.4) is 0 Å². The molecule has 0 saturated carbocycles. The van der Waals surface area contributed by atoms with Crippen LogP contribution in [-0.4, -0.2) is 13.6 Å². The van der Waals surface area contributed by atoms with Gasteiger partial charge in [0.15, 0.2) is 11.6 Å². The smallest absolute Gasteiger partial charge is 0.160 e. The number of nitrogens with zero attached hydrogens (tertiary/aromatic N) is 1. The molecule has 3 heteroatoms. The summed E-state index contributed by atoms with van der Waals surface area (Å²) in [5, 5.41) is 0. The molecule has 13 heavy (non-hydrogen) atoms. The minimum atomic E-state index is -0.757. The first kappa shape index (κ1) is 8.48. The molecule has 0 aliphatic carbocycles. The maximum atomic E-state index is 12.9. The van der Waals surface area contributed by atoms with Gasteiger partial charge in [0.05, 0.1) is 0 Å². The molecule has 1 nitrogen and oxygen atoms in total. The summed E-state index contributed by atoms with van der Waals surface area (Å²) in [4.78, 5) is 1.96. The van der Waals surface area contributed by atoms with Crippen molar-refractivity contribution in [1.82, 2.24) is 0 Å². The number of benzene rings is 1. The molecule has 0 bridgehead atoms. The average Bonchev–Trinajstić information content (AvgIpc) is 2.09. The van der Waals surface area contributed by atoms with Crippen LogP contribution in [0.15, 0.2) is 12.1 Å². The van der Waals surface area contributed by atoms with Crippen molar-refractivity contribution in [2.45, 2.75) is 12.8 Å². The number of anilines is 1. The molecule has 0 N–H and O–H groups in total. The zero-order valence-electron chi connectivity index (χ0n) is 7.48. The highest BCUT2D eigenvalue weighted by atomic mass is 19.2. The van der Waals surface area contributed by atoms with E-state index in [9.17, 15) is 8.78 Å². The molecule has 0 spiro atoms. The van der Waals surface area contributed by atoms with Crippen molar-refractivity contribution in [2.24, 2.45) is 0 Å². The van der Waals surface area contributed by atoms with E-state index < -0.39 is 11.6 Å². The van der Waals surface area contributed by atoms with E-state index in [1.54, 1.807) is 0 Å². The Bertz CT molecular complexity index is 336. The molecule has 1 heterocycles. The fourth-order valence-corrected chi connectivity index (χ4v) is 1.76. The minimum Gasteiger partial charge on any atom is -0.374 e. The van der Waals surface area contributed by atoms with Crippen LogP contribution >= 0.6 is 0 Å². The van der Waals surface area contributed by atoms with Crippen LogP contribution in [0.4, 0.5) is 14.5 Å². The van der Waals surface area contributed by atoms with Gasteiger partial charge in [0, 0.05) is 25.3 Å². The molecule has 1 aromatic carbocycles. The third kappa shape index (κ3) is 1.39. The Morgan fingerprint density at radius 3 is 2.69 bits per heavy atom. The average molecular weight is 183 g/mol. The second-order valence-electron chi connectivity index (χ2n) is 3.42. The van der Waals surface area contributed by atoms with Crippen LogP contribution in [0.1, 0.15) is 12.0 Å². The summed E-state index contributed by atoms with van der Waals surface area (Å²) < 4.78 is 25.7. The van der Waals surface area contributed by atoms with Crippen molar-refractivity contribution >= 4 is 5.69 Å². The highest BCUT2D eigenvalue weighted by Gasteiger charge is 2.16. The lowest BCUT2D eigenvalue weighted by Crippen LogP contribution is -2.24. The molecule has 0 amide bonds.